The van der Waals surface area contributed by atoms with Gasteiger partial charge in [0.25, 0.3) is 0 Å². The van der Waals surface area contributed by atoms with Gasteiger partial charge in [-0.15, -0.1) is 0 Å². The zero-order valence-corrected chi connectivity index (χ0v) is 11.8. The molecule has 2 nitrogen and oxygen atoms in total. The SMILES string of the molecule is C1CCC2(CC1)CC(NCCCC1CC1)CCO2. The van der Waals surface area contributed by atoms with Gasteiger partial charge in [0.2, 0.25) is 0 Å². The molecule has 1 saturated heterocycles. The van der Waals surface area contributed by atoms with E-state index in [0.717, 1.165) is 18.6 Å². The van der Waals surface area contributed by atoms with E-state index in [9.17, 15) is 0 Å². The van der Waals surface area contributed by atoms with Crippen molar-refractivity contribution in [2.24, 2.45) is 5.92 Å². The Morgan fingerprint density at radius 1 is 1.06 bits per heavy atom. The summed E-state index contributed by atoms with van der Waals surface area (Å²) in [5.41, 5.74) is 0.269. The smallest absolute Gasteiger partial charge is 0.0697 e. The predicted octanol–water partition coefficient (Wildman–Crippen LogP) is 3.65. The molecule has 1 spiro atoms. The maximum atomic E-state index is 6.15. The summed E-state index contributed by atoms with van der Waals surface area (Å²) in [6, 6.07) is 0.732. The van der Waals surface area contributed by atoms with E-state index in [1.165, 1.54) is 77.2 Å². The summed E-state index contributed by atoms with van der Waals surface area (Å²) >= 11 is 0. The monoisotopic (exact) mass is 251 g/mol. The van der Waals surface area contributed by atoms with Crippen LogP contribution in [0.5, 0.6) is 0 Å². The summed E-state index contributed by atoms with van der Waals surface area (Å²) in [5, 5.41) is 3.80. The normalized spacial score (nSPS) is 31.7. The van der Waals surface area contributed by atoms with Crippen molar-refractivity contribution in [3.63, 3.8) is 0 Å². The number of rotatable bonds is 5. The largest absolute Gasteiger partial charge is 0.375 e. The van der Waals surface area contributed by atoms with Gasteiger partial charge in [-0.3, -0.25) is 0 Å². The number of hydrogen-bond donors (Lipinski definition) is 1. The first-order chi connectivity index (χ1) is 8.86. The molecule has 2 saturated carbocycles. The van der Waals surface area contributed by atoms with E-state index in [4.69, 9.17) is 4.74 Å². The standard InChI is InChI=1S/C16H29NO/c1-2-9-16(10-3-1)13-15(8-12-18-16)17-11-4-5-14-6-7-14/h14-15,17H,1-13H2. The summed E-state index contributed by atoms with van der Waals surface area (Å²) in [4.78, 5) is 0. The van der Waals surface area contributed by atoms with Crippen LogP contribution in [0.4, 0.5) is 0 Å². The first-order valence-electron chi connectivity index (χ1n) is 8.24. The van der Waals surface area contributed by atoms with Crippen LogP contribution in [0.1, 0.15) is 70.6 Å². The van der Waals surface area contributed by atoms with Crippen molar-refractivity contribution in [2.45, 2.75) is 82.3 Å². The molecule has 2 aliphatic carbocycles. The topological polar surface area (TPSA) is 21.3 Å². The molecule has 3 rings (SSSR count). The molecule has 0 bridgehead atoms. The van der Waals surface area contributed by atoms with Crippen LogP contribution in [0.25, 0.3) is 0 Å². The second kappa shape index (κ2) is 5.92. The zero-order chi connectivity index (χ0) is 12.3. The third kappa shape index (κ3) is 3.48. The van der Waals surface area contributed by atoms with E-state index in [1.54, 1.807) is 0 Å². The van der Waals surface area contributed by atoms with Crippen molar-refractivity contribution >= 4 is 0 Å². The van der Waals surface area contributed by atoms with Gasteiger partial charge in [0.15, 0.2) is 0 Å². The molecule has 0 aromatic rings. The van der Waals surface area contributed by atoms with Crippen molar-refractivity contribution in [1.82, 2.24) is 5.32 Å². The van der Waals surface area contributed by atoms with Crippen LogP contribution in [-0.4, -0.2) is 24.8 Å². The summed E-state index contributed by atoms with van der Waals surface area (Å²) in [6.07, 6.45) is 15.2. The summed E-state index contributed by atoms with van der Waals surface area (Å²) < 4.78 is 6.15. The van der Waals surface area contributed by atoms with Gasteiger partial charge in [-0.1, -0.05) is 32.1 Å². The Labute approximate surface area is 112 Å². The molecule has 1 aliphatic heterocycles. The van der Waals surface area contributed by atoms with Crippen LogP contribution in [0.3, 0.4) is 0 Å². The molecule has 1 heterocycles. The quantitative estimate of drug-likeness (QED) is 0.753. The minimum absolute atomic E-state index is 0.269. The van der Waals surface area contributed by atoms with Crippen LogP contribution < -0.4 is 5.32 Å². The van der Waals surface area contributed by atoms with E-state index in [1.807, 2.05) is 0 Å². The Morgan fingerprint density at radius 3 is 2.67 bits per heavy atom. The van der Waals surface area contributed by atoms with Crippen LogP contribution in [0.2, 0.25) is 0 Å². The Balaban J connectivity index is 1.38. The lowest BCUT2D eigenvalue weighted by molar-refractivity contribution is -0.109. The van der Waals surface area contributed by atoms with Gasteiger partial charge in [-0.25, -0.2) is 0 Å². The molecular formula is C16H29NO. The first kappa shape index (κ1) is 12.9. The summed E-state index contributed by atoms with van der Waals surface area (Å²) in [7, 11) is 0. The molecule has 0 amide bonds. The highest BCUT2D eigenvalue weighted by atomic mass is 16.5. The number of nitrogens with one attached hydrogen (secondary N) is 1. The lowest BCUT2D eigenvalue weighted by atomic mass is 9.78. The Morgan fingerprint density at radius 2 is 1.89 bits per heavy atom. The average Bonchev–Trinajstić information content (AvgIpc) is 3.20. The zero-order valence-electron chi connectivity index (χ0n) is 11.8. The molecule has 3 fully saturated rings. The molecule has 0 radical (unpaired) electrons. The molecular weight excluding hydrogens is 222 g/mol. The third-order valence-electron chi connectivity index (χ3n) is 5.18. The van der Waals surface area contributed by atoms with Gasteiger partial charge in [-0.05, 0) is 51.0 Å². The number of hydrogen-bond acceptors (Lipinski definition) is 2. The second-order valence-electron chi connectivity index (χ2n) is 6.82. The lowest BCUT2D eigenvalue weighted by Gasteiger charge is -2.43. The van der Waals surface area contributed by atoms with Crippen molar-refractivity contribution in [3.8, 4) is 0 Å². The maximum absolute atomic E-state index is 6.15. The van der Waals surface area contributed by atoms with Crippen LogP contribution in [0.15, 0.2) is 0 Å². The fraction of sp³-hybridized carbons (Fsp3) is 1.00. The van der Waals surface area contributed by atoms with Gasteiger partial charge < -0.3 is 10.1 Å². The average molecular weight is 251 g/mol. The third-order valence-corrected chi connectivity index (χ3v) is 5.18. The second-order valence-corrected chi connectivity index (χ2v) is 6.82. The first-order valence-corrected chi connectivity index (χ1v) is 8.24. The van der Waals surface area contributed by atoms with Crippen molar-refractivity contribution in [2.75, 3.05) is 13.2 Å². The number of ether oxygens (including phenoxy) is 1. The molecule has 1 unspecified atom stereocenters. The molecule has 104 valence electrons. The molecule has 18 heavy (non-hydrogen) atoms. The van der Waals surface area contributed by atoms with Crippen LogP contribution in [-0.2, 0) is 4.74 Å². The maximum Gasteiger partial charge on any atom is 0.0697 e. The summed E-state index contributed by atoms with van der Waals surface area (Å²) in [5.74, 6) is 1.09. The Bertz CT molecular complexity index is 250. The molecule has 2 heteroatoms. The van der Waals surface area contributed by atoms with E-state index < -0.39 is 0 Å². The highest BCUT2D eigenvalue weighted by Gasteiger charge is 2.38. The molecule has 1 N–H and O–H groups in total. The van der Waals surface area contributed by atoms with Gasteiger partial charge >= 0.3 is 0 Å². The van der Waals surface area contributed by atoms with Gasteiger partial charge in [0, 0.05) is 12.6 Å². The highest BCUT2D eigenvalue weighted by Crippen LogP contribution is 2.38. The molecule has 1 atom stereocenters. The fourth-order valence-corrected chi connectivity index (χ4v) is 3.85. The van der Waals surface area contributed by atoms with E-state index in [2.05, 4.69) is 5.32 Å². The van der Waals surface area contributed by atoms with Crippen molar-refractivity contribution < 1.29 is 4.74 Å². The van der Waals surface area contributed by atoms with E-state index in [0.29, 0.717) is 0 Å². The lowest BCUT2D eigenvalue weighted by Crippen LogP contribution is -2.48. The fourth-order valence-electron chi connectivity index (χ4n) is 3.85. The molecule has 0 aromatic carbocycles. The van der Waals surface area contributed by atoms with Gasteiger partial charge in [-0.2, -0.15) is 0 Å². The molecule has 3 aliphatic rings. The van der Waals surface area contributed by atoms with Crippen molar-refractivity contribution in [3.05, 3.63) is 0 Å². The summed E-state index contributed by atoms with van der Waals surface area (Å²) in [6.45, 7) is 2.22. The predicted molar refractivity (Wildman–Crippen MR) is 74.8 cm³/mol. The molecule has 0 aromatic heterocycles. The Kier molecular flexibility index (Phi) is 4.25. The van der Waals surface area contributed by atoms with Gasteiger partial charge in [0.1, 0.15) is 0 Å². The van der Waals surface area contributed by atoms with Crippen LogP contribution >= 0.6 is 0 Å². The van der Waals surface area contributed by atoms with E-state index in [-0.39, 0.29) is 5.60 Å². The minimum Gasteiger partial charge on any atom is -0.375 e. The van der Waals surface area contributed by atoms with Crippen molar-refractivity contribution in [1.29, 1.82) is 0 Å². The van der Waals surface area contributed by atoms with E-state index >= 15 is 0 Å². The van der Waals surface area contributed by atoms with Gasteiger partial charge in [0.05, 0.1) is 5.60 Å². The minimum atomic E-state index is 0.269. The van der Waals surface area contributed by atoms with Crippen LogP contribution in [0, 0.1) is 5.92 Å². The Hall–Kier alpha value is -0.0800. The highest BCUT2D eigenvalue weighted by molar-refractivity contribution is 4.92.